The van der Waals surface area contributed by atoms with E-state index in [9.17, 15) is 0 Å². The minimum atomic E-state index is 0.778. The fraction of sp³-hybridized carbons (Fsp3) is 0.357. The van der Waals surface area contributed by atoms with E-state index in [0.29, 0.717) is 0 Å². The third kappa shape index (κ3) is 3.25. The molecule has 1 rings (SSSR count). The molecule has 0 aliphatic heterocycles. The molecule has 1 aromatic rings. The monoisotopic (exact) mass is 199 g/mol. The predicted molar refractivity (Wildman–Crippen MR) is 64.3 cm³/mol. The molecular formula is C14H17N. The van der Waals surface area contributed by atoms with Crippen LogP contribution in [0.25, 0.3) is 5.57 Å². The standard InChI is InChI=1S/C14H17N/c1-3-5-12-7-9-13(10-8-12)14(11-15)6-4-2/h6-10H,3-5H2,1-2H3/b14-6+. The van der Waals surface area contributed by atoms with Gasteiger partial charge in [-0.1, -0.05) is 50.6 Å². The van der Waals surface area contributed by atoms with E-state index < -0.39 is 0 Å². The average molecular weight is 199 g/mol. The van der Waals surface area contributed by atoms with Crippen LogP contribution in [-0.4, -0.2) is 0 Å². The van der Waals surface area contributed by atoms with Crippen molar-refractivity contribution in [3.8, 4) is 6.07 Å². The molecule has 0 radical (unpaired) electrons. The Morgan fingerprint density at radius 2 is 1.93 bits per heavy atom. The first-order valence-corrected chi connectivity index (χ1v) is 5.51. The Balaban J connectivity index is 2.88. The molecule has 0 heterocycles. The maximum absolute atomic E-state index is 8.96. The zero-order valence-electron chi connectivity index (χ0n) is 9.46. The van der Waals surface area contributed by atoms with Gasteiger partial charge in [-0.15, -0.1) is 0 Å². The van der Waals surface area contributed by atoms with E-state index in [2.05, 4.69) is 25.1 Å². The van der Waals surface area contributed by atoms with Gasteiger partial charge in [0, 0.05) is 0 Å². The van der Waals surface area contributed by atoms with Crippen molar-refractivity contribution in [2.24, 2.45) is 0 Å². The van der Waals surface area contributed by atoms with E-state index in [4.69, 9.17) is 5.26 Å². The zero-order chi connectivity index (χ0) is 11.1. The summed E-state index contributed by atoms with van der Waals surface area (Å²) in [5.74, 6) is 0. The topological polar surface area (TPSA) is 23.8 Å². The maximum atomic E-state index is 8.96. The second-order valence-corrected chi connectivity index (χ2v) is 3.58. The molecule has 0 unspecified atom stereocenters. The number of hydrogen-bond donors (Lipinski definition) is 0. The summed E-state index contributed by atoms with van der Waals surface area (Å²) in [7, 11) is 0. The summed E-state index contributed by atoms with van der Waals surface area (Å²) in [6.07, 6.45) is 5.14. The van der Waals surface area contributed by atoms with Gasteiger partial charge in [0.2, 0.25) is 0 Å². The van der Waals surface area contributed by atoms with Crippen LogP contribution in [0.15, 0.2) is 30.3 Å². The number of allylic oxidation sites excluding steroid dienone is 2. The Bertz CT molecular complexity index is 365. The number of hydrogen-bond acceptors (Lipinski definition) is 1. The lowest BCUT2D eigenvalue weighted by Crippen LogP contribution is -1.85. The van der Waals surface area contributed by atoms with E-state index in [0.717, 1.165) is 30.4 Å². The van der Waals surface area contributed by atoms with Gasteiger partial charge in [-0.25, -0.2) is 0 Å². The number of rotatable bonds is 4. The van der Waals surface area contributed by atoms with Gasteiger partial charge in [-0.2, -0.15) is 5.26 Å². The second kappa shape index (κ2) is 6.03. The van der Waals surface area contributed by atoms with Gasteiger partial charge in [-0.3, -0.25) is 0 Å². The molecule has 0 atom stereocenters. The first-order chi connectivity index (χ1) is 7.31. The molecule has 1 aromatic carbocycles. The van der Waals surface area contributed by atoms with E-state index in [-0.39, 0.29) is 0 Å². The van der Waals surface area contributed by atoms with Crippen LogP contribution in [0.5, 0.6) is 0 Å². The van der Waals surface area contributed by atoms with Crippen molar-refractivity contribution in [1.29, 1.82) is 5.26 Å². The fourth-order valence-electron chi connectivity index (χ4n) is 1.57. The largest absolute Gasteiger partial charge is 0.192 e. The highest BCUT2D eigenvalue weighted by Gasteiger charge is 1.99. The molecule has 0 bridgehead atoms. The minimum Gasteiger partial charge on any atom is -0.192 e. The molecular weight excluding hydrogens is 182 g/mol. The third-order valence-electron chi connectivity index (χ3n) is 2.33. The van der Waals surface area contributed by atoms with Crippen LogP contribution in [-0.2, 0) is 6.42 Å². The number of benzene rings is 1. The predicted octanol–water partition coefficient (Wildman–Crippen LogP) is 3.96. The van der Waals surface area contributed by atoms with Gasteiger partial charge in [0.05, 0.1) is 11.6 Å². The van der Waals surface area contributed by atoms with Crippen LogP contribution < -0.4 is 0 Å². The molecule has 15 heavy (non-hydrogen) atoms. The SMILES string of the molecule is CC/C=C(\C#N)c1ccc(CCC)cc1. The second-order valence-electron chi connectivity index (χ2n) is 3.58. The summed E-state index contributed by atoms with van der Waals surface area (Å²) < 4.78 is 0. The van der Waals surface area contributed by atoms with E-state index >= 15 is 0 Å². The van der Waals surface area contributed by atoms with Gasteiger partial charge in [0.25, 0.3) is 0 Å². The Morgan fingerprint density at radius 1 is 1.27 bits per heavy atom. The molecule has 0 saturated heterocycles. The van der Waals surface area contributed by atoms with Gasteiger partial charge in [-0.05, 0) is 24.0 Å². The van der Waals surface area contributed by atoms with Crippen molar-refractivity contribution >= 4 is 5.57 Å². The lowest BCUT2D eigenvalue weighted by molar-refractivity contribution is 0.922. The Morgan fingerprint density at radius 3 is 2.40 bits per heavy atom. The first-order valence-electron chi connectivity index (χ1n) is 5.51. The smallest absolute Gasteiger partial charge is 0.0994 e. The van der Waals surface area contributed by atoms with Gasteiger partial charge in [0.15, 0.2) is 0 Å². The van der Waals surface area contributed by atoms with Crippen LogP contribution in [0, 0.1) is 11.3 Å². The molecule has 1 heteroatoms. The highest BCUT2D eigenvalue weighted by molar-refractivity contribution is 5.76. The molecule has 0 fully saturated rings. The highest BCUT2D eigenvalue weighted by Crippen LogP contribution is 2.15. The van der Waals surface area contributed by atoms with Crippen LogP contribution in [0.2, 0.25) is 0 Å². The molecule has 0 aliphatic rings. The van der Waals surface area contributed by atoms with E-state index in [1.54, 1.807) is 0 Å². The third-order valence-corrected chi connectivity index (χ3v) is 2.33. The van der Waals surface area contributed by atoms with Crippen molar-refractivity contribution in [3.63, 3.8) is 0 Å². The lowest BCUT2D eigenvalue weighted by Gasteiger charge is -2.01. The fourth-order valence-corrected chi connectivity index (χ4v) is 1.57. The van der Waals surface area contributed by atoms with E-state index in [1.807, 2.05) is 25.1 Å². The van der Waals surface area contributed by atoms with Crippen LogP contribution in [0.3, 0.4) is 0 Å². The number of nitriles is 1. The molecule has 0 amide bonds. The van der Waals surface area contributed by atoms with Gasteiger partial charge in [0.1, 0.15) is 0 Å². The summed E-state index contributed by atoms with van der Waals surface area (Å²) in [4.78, 5) is 0. The lowest BCUT2D eigenvalue weighted by atomic mass is 10.0. The minimum absolute atomic E-state index is 0.778. The number of aryl methyl sites for hydroxylation is 1. The summed E-state index contributed by atoms with van der Waals surface area (Å²) in [5, 5.41) is 8.96. The van der Waals surface area contributed by atoms with E-state index in [1.165, 1.54) is 5.56 Å². The maximum Gasteiger partial charge on any atom is 0.0994 e. The molecule has 0 spiro atoms. The van der Waals surface area contributed by atoms with Crippen LogP contribution in [0.1, 0.15) is 37.8 Å². The quantitative estimate of drug-likeness (QED) is 0.673. The highest BCUT2D eigenvalue weighted by atomic mass is 14.2. The van der Waals surface area contributed by atoms with Crippen molar-refractivity contribution in [1.82, 2.24) is 0 Å². The van der Waals surface area contributed by atoms with Gasteiger partial charge < -0.3 is 0 Å². The van der Waals surface area contributed by atoms with Crippen molar-refractivity contribution in [2.75, 3.05) is 0 Å². The molecule has 1 nitrogen and oxygen atoms in total. The molecule has 0 aliphatic carbocycles. The molecule has 0 saturated carbocycles. The Hall–Kier alpha value is -1.55. The van der Waals surface area contributed by atoms with Gasteiger partial charge >= 0.3 is 0 Å². The van der Waals surface area contributed by atoms with Crippen molar-refractivity contribution in [3.05, 3.63) is 41.5 Å². The van der Waals surface area contributed by atoms with Crippen LogP contribution >= 0.6 is 0 Å². The Labute approximate surface area is 92.1 Å². The summed E-state index contributed by atoms with van der Waals surface area (Å²) in [5.41, 5.74) is 3.15. The number of nitrogens with zero attached hydrogens (tertiary/aromatic N) is 1. The Kier molecular flexibility index (Phi) is 4.63. The average Bonchev–Trinajstić information content (AvgIpc) is 2.28. The first kappa shape index (κ1) is 11.5. The van der Waals surface area contributed by atoms with Crippen molar-refractivity contribution in [2.45, 2.75) is 33.1 Å². The van der Waals surface area contributed by atoms with Crippen molar-refractivity contribution < 1.29 is 0 Å². The molecule has 0 N–H and O–H groups in total. The van der Waals surface area contributed by atoms with Crippen LogP contribution in [0.4, 0.5) is 0 Å². The zero-order valence-corrected chi connectivity index (χ0v) is 9.46. The normalized spacial score (nSPS) is 11.1. The molecule has 78 valence electrons. The summed E-state index contributed by atoms with van der Waals surface area (Å²) >= 11 is 0. The molecule has 0 aromatic heterocycles. The summed E-state index contributed by atoms with van der Waals surface area (Å²) in [6.45, 7) is 4.22. The summed E-state index contributed by atoms with van der Waals surface area (Å²) in [6, 6.07) is 10.5.